The number of ether oxygens (including phenoxy) is 6. The van der Waals surface area contributed by atoms with E-state index < -0.39 is 134 Å². The van der Waals surface area contributed by atoms with Gasteiger partial charge < -0.3 is 84.6 Å². The highest BCUT2D eigenvalue weighted by atomic mass is 16.8. The van der Waals surface area contributed by atoms with Crippen LogP contribution in [-0.2, 0) is 38.0 Å². The molecule has 5 aliphatic carbocycles. The Bertz CT molecular complexity index is 1820. The van der Waals surface area contributed by atoms with Crippen molar-refractivity contribution in [3.8, 4) is 0 Å². The van der Waals surface area contributed by atoms with Crippen molar-refractivity contribution in [1.29, 1.82) is 0 Å². The van der Waals surface area contributed by atoms with Crippen molar-refractivity contribution in [3.05, 3.63) is 11.6 Å². The zero-order valence-electron chi connectivity index (χ0n) is 38.8. The number of hydrogen-bond acceptors (Lipinski definition) is 18. The summed E-state index contributed by atoms with van der Waals surface area (Å²) in [5.41, 5.74) is -0.583. The molecule has 0 bridgehead atoms. The lowest BCUT2D eigenvalue weighted by Crippen LogP contribution is -2.66. The van der Waals surface area contributed by atoms with E-state index in [1.165, 1.54) is 5.57 Å². The Morgan fingerprint density at radius 2 is 1.23 bits per heavy atom. The van der Waals surface area contributed by atoms with Crippen LogP contribution in [0, 0.1) is 50.7 Å². The monoisotopic (exact) mass is 942 g/mol. The third-order valence-electron chi connectivity index (χ3n) is 18.5. The van der Waals surface area contributed by atoms with Crippen molar-refractivity contribution in [2.45, 2.75) is 204 Å². The van der Waals surface area contributed by atoms with Crippen LogP contribution in [0.5, 0.6) is 0 Å². The van der Waals surface area contributed by atoms with E-state index in [2.05, 4.69) is 47.6 Å². The van der Waals surface area contributed by atoms with E-state index in [0.29, 0.717) is 19.3 Å². The molecule has 0 aromatic rings. The second-order valence-electron chi connectivity index (χ2n) is 22.9. The summed E-state index contributed by atoms with van der Waals surface area (Å²) in [7, 11) is 0. The number of aliphatic carboxylic acids is 1. The molecule has 23 atom stereocenters. The highest BCUT2D eigenvalue weighted by Crippen LogP contribution is 2.72. The molecule has 3 aliphatic heterocycles. The van der Waals surface area contributed by atoms with Crippen molar-refractivity contribution in [3.63, 3.8) is 0 Å². The number of carbonyl (C=O) groups is 2. The lowest BCUT2D eigenvalue weighted by molar-refractivity contribution is -0.374. The number of aliphatic hydroxyl groups excluding tert-OH is 10. The van der Waals surface area contributed by atoms with E-state index in [4.69, 9.17) is 28.4 Å². The molecule has 8 rings (SSSR count). The van der Waals surface area contributed by atoms with Gasteiger partial charge in [0, 0.05) is 0 Å². The predicted octanol–water partition coefficient (Wildman–Crippen LogP) is -0.157. The number of carboxylic acid groups (broad SMARTS) is 1. The summed E-state index contributed by atoms with van der Waals surface area (Å²) < 4.78 is 35.6. The molecular formula is C47H74O19. The fraction of sp³-hybridized carbons (Fsp3) is 0.915. The number of aliphatic hydroxyl groups is 10. The van der Waals surface area contributed by atoms with Crippen molar-refractivity contribution in [1.82, 2.24) is 0 Å². The van der Waals surface area contributed by atoms with E-state index in [1.807, 2.05) is 0 Å². The van der Waals surface area contributed by atoms with Crippen LogP contribution in [0.4, 0.5) is 0 Å². The van der Waals surface area contributed by atoms with Gasteiger partial charge in [-0.2, -0.15) is 0 Å². The van der Waals surface area contributed by atoms with Gasteiger partial charge in [0.2, 0.25) is 6.29 Å². The van der Waals surface area contributed by atoms with Crippen LogP contribution in [0.25, 0.3) is 0 Å². The number of carbonyl (C=O) groups excluding carboxylic acids is 1. The molecule has 0 amide bonds. The normalized spacial score (nSPS) is 52.1. The van der Waals surface area contributed by atoms with Crippen molar-refractivity contribution in [2.75, 3.05) is 13.2 Å². The fourth-order valence-electron chi connectivity index (χ4n) is 14.7. The smallest absolute Gasteiger partial charge is 0.335 e. The van der Waals surface area contributed by atoms with Gasteiger partial charge in [-0.25, -0.2) is 4.79 Å². The zero-order chi connectivity index (χ0) is 48.2. The van der Waals surface area contributed by atoms with Gasteiger partial charge in [0.05, 0.1) is 24.7 Å². The molecule has 0 aromatic heterocycles. The van der Waals surface area contributed by atoms with Crippen LogP contribution >= 0.6 is 0 Å². The predicted molar refractivity (Wildman–Crippen MR) is 226 cm³/mol. The third-order valence-corrected chi connectivity index (χ3v) is 18.5. The van der Waals surface area contributed by atoms with Crippen molar-refractivity contribution in [2.24, 2.45) is 50.7 Å². The summed E-state index contributed by atoms with van der Waals surface area (Å²) in [4.78, 5) is 26.8. The van der Waals surface area contributed by atoms with E-state index in [0.717, 1.165) is 44.9 Å². The van der Waals surface area contributed by atoms with E-state index in [9.17, 15) is 65.8 Å². The molecule has 0 spiro atoms. The lowest BCUT2D eigenvalue weighted by atomic mass is 9.37. The lowest BCUT2D eigenvalue weighted by Gasteiger charge is -2.68. The van der Waals surface area contributed by atoms with Gasteiger partial charge in [0.1, 0.15) is 67.1 Å². The summed E-state index contributed by atoms with van der Waals surface area (Å²) >= 11 is 0. The summed E-state index contributed by atoms with van der Waals surface area (Å²) in [5.74, 6) is -1.68. The molecule has 8 aliphatic rings. The zero-order valence-corrected chi connectivity index (χ0v) is 38.8. The van der Waals surface area contributed by atoms with Gasteiger partial charge in [-0.1, -0.05) is 53.2 Å². The van der Waals surface area contributed by atoms with Crippen LogP contribution in [0.2, 0.25) is 0 Å². The van der Waals surface area contributed by atoms with E-state index in [-0.39, 0.29) is 39.9 Å². The Labute approximate surface area is 385 Å². The molecule has 4 saturated carbocycles. The standard InChI is InChI=1S/C47H74O19/c1-43(2)15-16-47(42(60)66-40-35(57)31(53)29(51)24(19-49)62-40)14-9-21-20(22(47)17-43)7-8-26-45(21,5)12-10-25-44(3,4)27(11-13-46(25,26)6)63-41-37(33(55)32(54)36(64-41)38(58)59)65-39-34(56)30(52)28(50)23(18-48)61-39/h7,21-37,39-41,48-57H,8-19H2,1-6H3,(H,58,59). The largest absolute Gasteiger partial charge is 0.479 e. The number of fused-ring (bicyclic) bond motifs is 7. The molecule has 0 radical (unpaired) electrons. The summed E-state index contributed by atoms with van der Waals surface area (Å²) in [6.07, 6.45) is -16.2. The van der Waals surface area contributed by atoms with Crippen molar-refractivity contribution < 1.29 is 94.2 Å². The van der Waals surface area contributed by atoms with Gasteiger partial charge in [-0.05, 0) is 110 Å². The summed E-state index contributed by atoms with van der Waals surface area (Å²) in [6, 6.07) is 0. The average molecular weight is 943 g/mol. The minimum Gasteiger partial charge on any atom is -0.479 e. The van der Waals surface area contributed by atoms with Gasteiger partial charge >= 0.3 is 11.9 Å². The Hall–Kier alpha value is -1.92. The van der Waals surface area contributed by atoms with Crippen LogP contribution in [0.1, 0.15) is 106 Å². The second-order valence-corrected chi connectivity index (χ2v) is 22.9. The molecule has 23 unspecified atom stereocenters. The van der Waals surface area contributed by atoms with E-state index in [1.54, 1.807) is 0 Å². The molecule has 376 valence electrons. The second kappa shape index (κ2) is 18.0. The molecule has 0 aromatic carbocycles. The van der Waals surface area contributed by atoms with Gasteiger partial charge in [-0.3, -0.25) is 4.79 Å². The topological polar surface area (TPSA) is 312 Å². The van der Waals surface area contributed by atoms with Crippen LogP contribution in [-0.4, -0.2) is 180 Å². The molecular weight excluding hydrogens is 868 g/mol. The quantitative estimate of drug-likeness (QED) is 0.0813. The molecule has 11 N–H and O–H groups in total. The molecule has 66 heavy (non-hydrogen) atoms. The molecule has 3 saturated heterocycles. The molecule has 7 fully saturated rings. The van der Waals surface area contributed by atoms with Crippen LogP contribution in [0.3, 0.4) is 0 Å². The molecule has 19 nitrogen and oxygen atoms in total. The SMILES string of the molecule is CC1(C)CCC2(C(=O)OC3OC(CO)C(O)C(O)C3O)CCC3C(=CCC4C3(C)CCC3C(C)(C)C(OC5OC(C(=O)O)C(O)C(O)C5OC5OC(CO)C(O)C(O)C5O)CCC34C)C2C1. The maximum atomic E-state index is 14.6. The Morgan fingerprint density at radius 3 is 1.85 bits per heavy atom. The molecule has 3 heterocycles. The number of esters is 1. The third kappa shape index (κ3) is 8.10. The first-order valence-corrected chi connectivity index (χ1v) is 23.9. The number of hydrogen-bond donors (Lipinski definition) is 11. The Balaban J connectivity index is 1.03. The Morgan fingerprint density at radius 1 is 0.621 bits per heavy atom. The maximum absolute atomic E-state index is 14.6. The van der Waals surface area contributed by atoms with Gasteiger partial charge in [-0.15, -0.1) is 0 Å². The van der Waals surface area contributed by atoms with Crippen LogP contribution in [0.15, 0.2) is 11.6 Å². The van der Waals surface area contributed by atoms with E-state index >= 15 is 0 Å². The average Bonchev–Trinajstić information content (AvgIpc) is 3.26. The molecule has 19 heteroatoms. The van der Waals surface area contributed by atoms with Crippen LogP contribution < -0.4 is 0 Å². The highest BCUT2D eigenvalue weighted by molar-refractivity contribution is 5.79. The number of rotatable bonds is 9. The number of carboxylic acids is 1. The maximum Gasteiger partial charge on any atom is 0.335 e. The number of allylic oxidation sites excluding steroid dienone is 2. The fourth-order valence-corrected chi connectivity index (χ4v) is 14.7. The minimum absolute atomic E-state index is 0.0658. The summed E-state index contributed by atoms with van der Waals surface area (Å²) in [6.45, 7) is 12.0. The summed E-state index contributed by atoms with van der Waals surface area (Å²) in [5, 5.41) is 115. The Kier molecular flexibility index (Phi) is 13.8. The first kappa shape index (κ1) is 50.5. The van der Waals surface area contributed by atoms with Gasteiger partial charge in [0.25, 0.3) is 0 Å². The first-order valence-electron chi connectivity index (χ1n) is 23.9. The van der Waals surface area contributed by atoms with Gasteiger partial charge in [0.15, 0.2) is 18.7 Å². The minimum atomic E-state index is -1.97. The van der Waals surface area contributed by atoms with Crippen molar-refractivity contribution >= 4 is 11.9 Å². The first-order chi connectivity index (χ1) is 30.9. The highest BCUT2D eigenvalue weighted by Gasteiger charge is 2.67.